The van der Waals surface area contributed by atoms with Gasteiger partial charge in [0, 0.05) is 24.3 Å². The van der Waals surface area contributed by atoms with E-state index in [1.807, 2.05) is 18.7 Å². The van der Waals surface area contributed by atoms with Crippen LogP contribution in [0.15, 0.2) is 42.5 Å². The summed E-state index contributed by atoms with van der Waals surface area (Å²) in [6.45, 7) is 5.43. The lowest BCUT2D eigenvalue weighted by molar-refractivity contribution is 0.0692. The fourth-order valence-corrected chi connectivity index (χ4v) is 2.50. The molecule has 0 aliphatic heterocycles. The van der Waals surface area contributed by atoms with Crippen LogP contribution in [-0.2, 0) is 0 Å². The SMILES string of the molecule is CCN(CC)c1ccc(C(=O)c2ccccc2O)c(C(=O)O)c1. The van der Waals surface area contributed by atoms with E-state index in [0.717, 1.165) is 18.8 Å². The molecule has 2 aromatic rings. The van der Waals surface area contributed by atoms with Gasteiger partial charge in [-0.2, -0.15) is 0 Å². The summed E-state index contributed by atoms with van der Waals surface area (Å²) < 4.78 is 0. The number of carboxylic acid groups (broad SMARTS) is 1. The van der Waals surface area contributed by atoms with Crippen molar-refractivity contribution in [3.63, 3.8) is 0 Å². The summed E-state index contributed by atoms with van der Waals surface area (Å²) in [4.78, 5) is 26.1. The third kappa shape index (κ3) is 3.34. The lowest BCUT2D eigenvalue weighted by Gasteiger charge is -2.22. The molecule has 0 unspecified atom stereocenters. The standard InChI is InChI=1S/C18H19NO4/c1-3-19(4-2)12-9-10-13(15(11-12)18(22)23)17(21)14-7-5-6-8-16(14)20/h5-11,20H,3-4H2,1-2H3,(H,22,23). The molecular weight excluding hydrogens is 294 g/mol. The highest BCUT2D eigenvalue weighted by Crippen LogP contribution is 2.25. The lowest BCUT2D eigenvalue weighted by atomic mass is 9.97. The smallest absolute Gasteiger partial charge is 0.336 e. The molecule has 0 atom stereocenters. The lowest BCUT2D eigenvalue weighted by Crippen LogP contribution is -2.22. The van der Waals surface area contributed by atoms with E-state index in [1.54, 1.807) is 18.2 Å². The minimum atomic E-state index is -1.17. The van der Waals surface area contributed by atoms with E-state index in [-0.39, 0.29) is 22.4 Å². The first-order chi connectivity index (χ1) is 11.0. The van der Waals surface area contributed by atoms with Gasteiger partial charge in [-0.15, -0.1) is 0 Å². The molecule has 2 aromatic carbocycles. The Kier molecular flexibility index (Phi) is 5.01. The van der Waals surface area contributed by atoms with E-state index in [4.69, 9.17) is 0 Å². The Morgan fingerprint density at radius 3 is 2.17 bits per heavy atom. The van der Waals surface area contributed by atoms with Gasteiger partial charge in [-0.25, -0.2) is 4.79 Å². The maximum atomic E-state index is 12.6. The third-order valence-corrected chi connectivity index (χ3v) is 3.76. The molecule has 120 valence electrons. The first-order valence-corrected chi connectivity index (χ1v) is 7.44. The van der Waals surface area contributed by atoms with Crippen molar-refractivity contribution < 1.29 is 19.8 Å². The molecule has 2 N–H and O–H groups in total. The molecule has 0 aliphatic rings. The average Bonchev–Trinajstić information content (AvgIpc) is 2.55. The molecule has 0 spiro atoms. The molecule has 0 aliphatic carbocycles. The number of carboxylic acids is 1. The normalized spacial score (nSPS) is 10.3. The van der Waals surface area contributed by atoms with Crippen LogP contribution in [-0.4, -0.2) is 35.1 Å². The second kappa shape index (κ2) is 6.96. The fraction of sp³-hybridized carbons (Fsp3) is 0.222. The number of nitrogens with zero attached hydrogens (tertiary/aromatic N) is 1. The van der Waals surface area contributed by atoms with E-state index in [9.17, 15) is 19.8 Å². The first-order valence-electron chi connectivity index (χ1n) is 7.44. The number of phenols is 1. The predicted octanol–water partition coefficient (Wildman–Crippen LogP) is 3.17. The Morgan fingerprint density at radius 2 is 1.61 bits per heavy atom. The van der Waals surface area contributed by atoms with Gasteiger partial charge in [0.15, 0.2) is 5.78 Å². The van der Waals surface area contributed by atoms with Crippen LogP contribution in [0, 0.1) is 0 Å². The number of hydrogen-bond donors (Lipinski definition) is 2. The van der Waals surface area contributed by atoms with Crippen molar-refractivity contribution in [2.45, 2.75) is 13.8 Å². The summed E-state index contributed by atoms with van der Waals surface area (Å²) in [5.74, 6) is -1.84. The quantitative estimate of drug-likeness (QED) is 0.801. The van der Waals surface area contributed by atoms with Crippen LogP contribution in [0.1, 0.15) is 40.1 Å². The van der Waals surface area contributed by atoms with E-state index in [1.165, 1.54) is 24.3 Å². The molecule has 5 heteroatoms. The molecule has 0 fully saturated rings. The van der Waals surface area contributed by atoms with Crippen LogP contribution in [0.4, 0.5) is 5.69 Å². The van der Waals surface area contributed by atoms with Gasteiger partial charge in [0.2, 0.25) is 0 Å². The number of anilines is 1. The van der Waals surface area contributed by atoms with Crippen molar-refractivity contribution in [3.8, 4) is 5.75 Å². The number of para-hydroxylation sites is 1. The van der Waals surface area contributed by atoms with Crippen molar-refractivity contribution in [3.05, 3.63) is 59.2 Å². The number of phenolic OH excluding ortho intramolecular Hbond substituents is 1. The van der Waals surface area contributed by atoms with Crippen molar-refractivity contribution in [1.29, 1.82) is 0 Å². The average molecular weight is 313 g/mol. The molecule has 0 saturated carbocycles. The highest BCUT2D eigenvalue weighted by atomic mass is 16.4. The molecule has 0 radical (unpaired) electrons. The highest BCUT2D eigenvalue weighted by molar-refractivity contribution is 6.15. The summed E-state index contributed by atoms with van der Waals surface area (Å²) in [5.41, 5.74) is 0.837. The van der Waals surface area contributed by atoms with Gasteiger partial charge in [-0.3, -0.25) is 4.79 Å². The minimum absolute atomic E-state index is 0.0647. The Hall–Kier alpha value is -2.82. The van der Waals surface area contributed by atoms with Crippen LogP contribution >= 0.6 is 0 Å². The zero-order chi connectivity index (χ0) is 17.0. The van der Waals surface area contributed by atoms with Crippen LogP contribution in [0.5, 0.6) is 5.75 Å². The highest BCUT2D eigenvalue weighted by Gasteiger charge is 2.21. The zero-order valence-electron chi connectivity index (χ0n) is 13.1. The van der Waals surface area contributed by atoms with Gasteiger partial charge in [0.25, 0.3) is 0 Å². The number of ketones is 1. The fourth-order valence-electron chi connectivity index (χ4n) is 2.50. The Morgan fingerprint density at radius 1 is 0.957 bits per heavy atom. The Balaban J connectivity index is 2.53. The van der Waals surface area contributed by atoms with Gasteiger partial charge >= 0.3 is 5.97 Å². The van der Waals surface area contributed by atoms with Crippen LogP contribution in [0.3, 0.4) is 0 Å². The van der Waals surface area contributed by atoms with Gasteiger partial charge in [0.1, 0.15) is 5.75 Å². The second-order valence-corrected chi connectivity index (χ2v) is 5.05. The summed E-state index contributed by atoms with van der Waals surface area (Å²) in [5, 5.41) is 19.3. The summed E-state index contributed by atoms with van der Waals surface area (Å²) in [7, 11) is 0. The van der Waals surface area contributed by atoms with Crippen LogP contribution in [0.25, 0.3) is 0 Å². The molecule has 0 heterocycles. The molecule has 2 rings (SSSR count). The molecule has 0 aromatic heterocycles. The molecule has 5 nitrogen and oxygen atoms in total. The monoisotopic (exact) mass is 313 g/mol. The van der Waals surface area contributed by atoms with Gasteiger partial charge in [-0.05, 0) is 44.2 Å². The second-order valence-electron chi connectivity index (χ2n) is 5.05. The van der Waals surface area contributed by atoms with E-state index in [2.05, 4.69) is 0 Å². The van der Waals surface area contributed by atoms with Gasteiger partial charge < -0.3 is 15.1 Å². The largest absolute Gasteiger partial charge is 0.507 e. The predicted molar refractivity (Wildman–Crippen MR) is 88.5 cm³/mol. The van der Waals surface area contributed by atoms with Crippen molar-refractivity contribution in [2.75, 3.05) is 18.0 Å². The van der Waals surface area contributed by atoms with E-state index >= 15 is 0 Å². The minimum Gasteiger partial charge on any atom is -0.507 e. The number of carbonyl (C=O) groups excluding carboxylic acids is 1. The zero-order valence-corrected chi connectivity index (χ0v) is 13.1. The van der Waals surface area contributed by atoms with E-state index < -0.39 is 11.8 Å². The number of benzene rings is 2. The summed E-state index contributed by atoms with van der Waals surface area (Å²) in [6, 6.07) is 10.8. The van der Waals surface area contributed by atoms with Crippen LogP contribution < -0.4 is 4.90 Å². The number of aromatic hydroxyl groups is 1. The maximum Gasteiger partial charge on any atom is 0.336 e. The van der Waals surface area contributed by atoms with E-state index in [0.29, 0.717) is 0 Å². The van der Waals surface area contributed by atoms with Crippen molar-refractivity contribution in [1.82, 2.24) is 0 Å². The molecule has 0 bridgehead atoms. The van der Waals surface area contributed by atoms with Gasteiger partial charge in [-0.1, -0.05) is 12.1 Å². The number of carbonyl (C=O) groups is 2. The number of aromatic carboxylic acids is 1. The van der Waals surface area contributed by atoms with Crippen LogP contribution in [0.2, 0.25) is 0 Å². The Bertz CT molecular complexity index is 736. The van der Waals surface area contributed by atoms with Gasteiger partial charge in [0.05, 0.1) is 11.1 Å². The molecule has 0 amide bonds. The Labute approximate surface area is 134 Å². The first kappa shape index (κ1) is 16.5. The molecular formula is C18H19NO4. The van der Waals surface area contributed by atoms with Crippen molar-refractivity contribution >= 4 is 17.4 Å². The molecule has 0 saturated heterocycles. The number of hydrogen-bond acceptors (Lipinski definition) is 4. The summed E-state index contributed by atoms with van der Waals surface area (Å²) in [6.07, 6.45) is 0. The maximum absolute atomic E-state index is 12.6. The topological polar surface area (TPSA) is 77.8 Å². The number of rotatable bonds is 6. The third-order valence-electron chi connectivity index (χ3n) is 3.76. The summed E-state index contributed by atoms with van der Waals surface area (Å²) >= 11 is 0. The van der Waals surface area contributed by atoms with Crippen molar-refractivity contribution in [2.24, 2.45) is 0 Å². The molecule has 23 heavy (non-hydrogen) atoms.